The zero-order valence-electron chi connectivity index (χ0n) is 22.7. The Bertz CT molecular complexity index is 1780. The van der Waals surface area contributed by atoms with Crippen molar-refractivity contribution in [3.8, 4) is 0 Å². The number of carbonyl (C=O) groups is 1. The van der Waals surface area contributed by atoms with E-state index in [4.69, 9.17) is 5.73 Å². The summed E-state index contributed by atoms with van der Waals surface area (Å²) in [6, 6.07) is 23.4. The Balaban J connectivity index is 1.23. The van der Waals surface area contributed by atoms with Gasteiger partial charge in [-0.05, 0) is 59.9 Å². The molecule has 0 unspecified atom stereocenters. The topological polar surface area (TPSA) is 128 Å². The Labute approximate surface area is 237 Å². The average Bonchev–Trinajstić information content (AvgIpc) is 3.43. The number of hydrogen-bond donors (Lipinski definition) is 3. The van der Waals surface area contributed by atoms with Gasteiger partial charge in [0.1, 0.15) is 11.9 Å². The average molecular weight is 546 g/mol. The number of hydrogen-bond acceptors (Lipinski definition) is 7. The summed E-state index contributed by atoms with van der Waals surface area (Å²) in [5, 5.41) is 8.55. The molecule has 5 aromatic rings. The maximum absolute atomic E-state index is 13.6. The van der Waals surface area contributed by atoms with Gasteiger partial charge in [-0.1, -0.05) is 54.6 Å². The van der Waals surface area contributed by atoms with E-state index in [-0.39, 0.29) is 23.2 Å². The van der Waals surface area contributed by atoms with Gasteiger partial charge in [0.15, 0.2) is 5.82 Å². The van der Waals surface area contributed by atoms with Crippen molar-refractivity contribution in [1.82, 2.24) is 24.8 Å². The number of nitrogens with two attached hydrogens (primary N) is 1. The first-order chi connectivity index (χ1) is 20.0. The molecular formula is C32H31N7O2. The molecule has 1 aliphatic rings. The summed E-state index contributed by atoms with van der Waals surface area (Å²) in [5.41, 5.74) is 9.81. The van der Waals surface area contributed by atoms with Crippen molar-refractivity contribution >= 4 is 28.3 Å². The fraction of sp³-hybridized carbons (Fsp3) is 0.219. The number of carbonyl (C=O) groups excluding carboxylic acids is 1. The Morgan fingerprint density at radius 1 is 1.05 bits per heavy atom. The summed E-state index contributed by atoms with van der Waals surface area (Å²) in [5.74, 6) is 0.332. The Hall–Kier alpha value is -5.05. The quantitative estimate of drug-likeness (QED) is 0.268. The summed E-state index contributed by atoms with van der Waals surface area (Å²) < 4.78 is 1.57. The molecule has 1 aliphatic heterocycles. The van der Waals surface area contributed by atoms with Crippen LogP contribution in [0, 0.1) is 6.92 Å². The molecule has 0 aliphatic carbocycles. The maximum atomic E-state index is 13.6. The van der Waals surface area contributed by atoms with Gasteiger partial charge in [-0.3, -0.25) is 19.1 Å². The molecule has 0 saturated heterocycles. The Morgan fingerprint density at radius 3 is 2.68 bits per heavy atom. The van der Waals surface area contributed by atoms with E-state index in [0.717, 1.165) is 39.0 Å². The zero-order valence-corrected chi connectivity index (χ0v) is 22.7. The second kappa shape index (κ2) is 11.2. The van der Waals surface area contributed by atoms with E-state index in [9.17, 15) is 9.59 Å². The molecular weight excluding hydrogens is 514 g/mol. The fourth-order valence-corrected chi connectivity index (χ4v) is 5.51. The number of aryl methyl sites for hydroxylation is 2. The number of pyridine rings is 2. The molecule has 2 atom stereocenters. The van der Waals surface area contributed by atoms with Crippen LogP contribution in [-0.4, -0.2) is 32.0 Å². The van der Waals surface area contributed by atoms with Crippen LogP contribution in [0.3, 0.4) is 0 Å². The number of benzene rings is 2. The number of rotatable bonds is 8. The molecule has 0 saturated carbocycles. The Morgan fingerprint density at radius 2 is 1.88 bits per heavy atom. The normalized spacial score (nSPS) is 14.9. The van der Waals surface area contributed by atoms with Gasteiger partial charge in [0.05, 0.1) is 0 Å². The third-order valence-corrected chi connectivity index (χ3v) is 7.73. The third-order valence-electron chi connectivity index (χ3n) is 7.73. The van der Waals surface area contributed by atoms with Crippen molar-refractivity contribution in [3.63, 3.8) is 0 Å². The van der Waals surface area contributed by atoms with Crippen molar-refractivity contribution in [2.24, 2.45) is 0 Å². The highest BCUT2D eigenvalue weighted by Gasteiger charge is 2.31. The largest absolute Gasteiger partial charge is 0.384 e. The molecule has 3 aromatic heterocycles. The second-order valence-electron chi connectivity index (χ2n) is 10.3. The molecule has 1 amide bonds. The van der Waals surface area contributed by atoms with Crippen molar-refractivity contribution in [3.05, 3.63) is 124 Å². The van der Waals surface area contributed by atoms with Crippen LogP contribution >= 0.6 is 0 Å². The number of nitrogens with zero attached hydrogens (tertiary/aromatic N) is 4. The van der Waals surface area contributed by atoms with Crippen LogP contribution in [0.5, 0.6) is 0 Å². The van der Waals surface area contributed by atoms with Crippen LogP contribution in [0.2, 0.25) is 0 Å². The second-order valence-corrected chi connectivity index (χ2v) is 10.3. The summed E-state index contributed by atoms with van der Waals surface area (Å²) in [4.78, 5) is 40.1. The lowest BCUT2D eigenvalue weighted by Gasteiger charge is -2.20. The van der Waals surface area contributed by atoms with E-state index in [0.29, 0.717) is 31.7 Å². The van der Waals surface area contributed by atoms with Crippen LogP contribution in [0.15, 0.2) is 90.0 Å². The molecule has 0 bridgehead atoms. The first-order valence-corrected chi connectivity index (χ1v) is 13.7. The number of fused-ring (bicyclic) bond motifs is 2. The molecule has 4 heterocycles. The van der Waals surface area contributed by atoms with Gasteiger partial charge < -0.3 is 16.4 Å². The van der Waals surface area contributed by atoms with Crippen molar-refractivity contribution in [1.29, 1.82) is 0 Å². The number of nitrogen functional groups attached to an aromatic ring is 1. The lowest BCUT2D eigenvalue weighted by Crippen LogP contribution is -2.36. The number of amides is 1. The van der Waals surface area contributed by atoms with Gasteiger partial charge in [-0.25, -0.2) is 9.97 Å². The van der Waals surface area contributed by atoms with E-state index in [1.165, 1.54) is 0 Å². The molecule has 4 N–H and O–H groups in total. The molecule has 206 valence electrons. The summed E-state index contributed by atoms with van der Waals surface area (Å²) in [6.07, 6.45) is 4.61. The highest BCUT2D eigenvalue weighted by atomic mass is 16.2. The van der Waals surface area contributed by atoms with Crippen LogP contribution < -0.4 is 21.9 Å². The van der Waals surface area contributed by atoms with Crippen LogP contribution in [0.25, 0.3) is 10.8 Å². The van der Waals surface area contributed by atoms with Crippen LogP contribution in [0.4, 0.5) is 11.6 Å². The number of aromatic nitrogens is 4. The summed E-state index contributed by atoms with van der Waals surface area (Å²) >= 11 is 0. The summed E-state index contributed by atoms with van der Waals surface area (Å²) in [6.45, 7) is 2.58. The number of anilines is 2. The van der Waals surface area contributed by atoms with Gasteiger partial charge in [0.2, 0.25) is 5.91 Å². The first-order valence-electron chi connectivity index (χ1n) is 13.7. The third kappa shape index (κ3) is 5.38. The molecule has 9 nitrogen and oxygen atoms in total. The molecule has 0 fully saturated rings. The maximum Gasteiger partial charge on any atom is 0.294 e. The molecule has 0 radical (unpaired) electrons. The smallest absolute Gasteiger partial charge is 0.294 e. The predicted molar refractivity (Wildman–Crippen MR) is 160 cm³/mol. The highest BCUT2D eigenvalue weighted by Crippen LogP contribution is 2.28. The Kier molecular flexibility index (Phi) is 7.16. The van der Waals surface area contributed by atoms with Crippen molar-refractivity contribution in [2.45, 2.75) is 38.3 Å². The monoisotopic (exact) mass is 545 g/mol. The van der Waals surface area contributed by atoms with E-state index < -0.39 is 6.04 Å². The lowest BCUT2D eigenvalue weighted by molar-refractivity contribution is -0.124. The van der Waals surface area contributed by atoms with Crippen molar-refractivity contribution < 1.29 is 4.79 Å². The molecule has 2 aromatic carbocycles. The fourth-order valence-electron chi connectivity index (χ4n) is 5.51. The van der Waals surface area contributed by atoms with E-state index in [2.05, 4.69) is 55.9 Å². The zero-order chi connectivity index (χ0) is 28.3. The molecule has 6 rings (SSSR count). The first kappa shape index (κ1) is 26.2. The van der Waals surface area contributed by atoms with Gasteiger partial charge in [0, 0.05) is 48.5 Å². The van der Waals surface area contributed by atoms with E-state index in [1.54, 1.807) is 23.0 Å². The number of nitrogens with one attached hydrogen (secondary N) is 2. The predicted octanol–water partition coefficient (Wildman–Crippen LogP) is 4.12. The van der Waals surface area contributed by atoms with Crippen LogP contribution in [-0.2, 0) is 17.8 Å². The van der Waals surface area contributed by atoms with Gasteiger partial charge >= 0.3 is 0 Å². The highest BCUT2D eigenvalue weighted by molar-refractivity contribution is 5.83. The minimum Gasteiger partial charge on any atom is -0.384 e. The minimum atomic E-state index is -0.602. The van der Waals surface area contributed by atoms with Gasteiger partial charge in [0.25, 0.3) is 5.56 Å². The summed E-state index contributed by atoms with van der Waals surface area (Å²) in [7, 11) is 0. The van der Waals surface area contributed by atoms with Crippen LogP contribution in [0.1, 0.15) is 46.6 Å². The molecule has 0 spiro atoms. The molecule has 41 heavy (non-hydrogen) atoms. The van der Waals surface area contributed by atoms with Gasteiger partial charge in [-0.2, -0.15) is 0 Å². The lowest BCUT2D eigenvalue weighted by atomic mass is 9.93. The SMILES string of the molecule is Cc1nc(N)ccc1CNC(=O)[C@@H]1CCc2cnc(NC[C@@H](c3ccc4ccccc4c3)c3ccccn3)c(=O)n21. The minimum absolute atomic E-state index is 0.115. The van der Waals surface area contributed by atoms with E-state index in [1.807, 2.05) is 43.3 Å². The molecule has 9 heteroatoms. The van der Waals surface area contributed by atoms with Crippen molar-refractivity contribution in [2.75, 3.05) is 17.6 Å². The van der Waals surface area contributed by atoms with Gasteiger partial charge in [-0.15, -0.1) is 0 Å². The van der Waals surface area contributed by atoms with E-state index >= 15 is 0 Å². The standard InChI is InChI=1S/C32H31N7O2/c1-20-24(11-14-29(33)38-20)17-37-31(40)28-13-12-25-18-35-30(32(41)39(25)28)36-19-26(27-8-4-5-15-34-27)23-10-9-21-6-2-3-7-22(21)16-23/h2-11,14-16,18,26,28H,12-13,17,19H2,1H3,(H2,33,38)(H,35,36)(H,37,40)/t26-,28-/m0/s1.